The molecule has 0 aromatic carbocycles. The van der Waals surface area contributed by atoms with Crippen molar-refractivity contribution in [3.05, 3.63) is 12.5 Å². The van der Waals surface area contributed by atoms with Gasteiger partial charge in [0.15, 0.2) is 0 Å². The zero-order valence-electron chi connectivity index (χ0n) is 7.40. The summed E-state index contributed by atoms with van der Waals surface area (Å²) in [4.78, 5) is 7.92. The van der Waals surface area contributed by atoms with E-state index in [2.05, 4.69) is 25.7 Å². The molecule has 1 aromatic heterocycles. The van der Waals surface area contributed by atoms with Gasteiger partial charge in [-0.3, -0.25) is 0 Å². The lowest BCUT2D eigenvalue weighted by Gasteiger charge is -2.06. The van der Waals surface area contributed by atoms with Crippen LogP contribution in [0.3, 0.4) is 0 Å². The van der Waals surface area contributed by atoms with Gasteiger partial charge in [-0.2, -0.15) is 4.99 Å². The van der Waals surface area contributed by atoms with E-state index in [1.165, 1.54) is 12.5 Å². The summed E-state index contributed by atoms with van der Waals surface area (Å²) in [5, 5.41) is 3.49. The monoisotopic (exact) mass is 165 g/mol. The molecule has 0 amide bonds. The van der Waals surface area contributed by atoms with Gasteiger partial charge in [0, 0.05) is 0 Å². The van der Waals surface area contributed by atoms with Gasteiger partial charge in [0.1, 0.15) is 12.0 Å². The minimum atomic E-state index is -0.138. The van der Waals surface area contributed by atoms with E-state index in [-0.39, 0.29) is 5.54 Å². The highest BCUT2D eigenvalue weighted by atomic mass is 16.5. The Balaban J connectivity index is 2.69. The van der Waals surface area contributed by atoms with Crippen LogP contribution in [0, 0.1) is 0 Å². The highest BCUT2D eigenvalue weighted by Crippen LogP contribution is 2.08. The van der Waals surface area contributed by atoms with Crippen LogP contribution in [0.2, 0.25) is 0 Å². The topological polar surface area (TPSA) is 50.8 Å². The molecule has 0 fully saturated rings. The molecule has 4 nitrogen and oxygen atoms in total. The fourth-order valence-corrected chi connectivity index (χ4v) is 0.487. The molecule has 0 atom stereocenters. The highest BCUT2D eigenvalue weighted by Gasteiger charge is 2.04. The summed E-state index contributed by atoms with van der Waals surface area (Å²) in [6, 6.07) is 2.58. The molecule has 12 heavy (non-hydrogen) atoms. The summed E-state index contributed by atoms with van der Waals surface area (Å²) in [5.74, 6) is 0. The SMILES string of the molecule is CC(C)(C)N=C=Nc1cnoc1. The third kappa shape index (κ3) is 3.12. The van der Waals surface area contributed by atoms with Crippen LogP contribution in [0.4, 0.5) is 5.69 Å². The van der Waals surface area contributed by atoms with E-state index in [0.29, 0.717) is 5.69 Å². The molecule has 1 rings (SSSR count). The average molecular weight is 165 g/mol. The molecule has 0 N–H and O–H groups in total. The lowest BCUT2D eigenvalue weighted by atomic mass is 10.1. The van der Waals surface area contributed by atoms with Crippen molar-refractivity contribution in [2.24, 2.45) is 9.98 Å². The molecule has 1 aromatic rings. The maximum atomic E-state index is 4.57. The van der Waals surface area contributed by atoms with Crippen molar-refractivity contribution in [2.45, 2.75) is 26.3 Å². The molecule has 0 aliphatic rings. The molecular formula is C8H11N3O. The first-order valence-electron chi connectivity index (χ1n) is 3.65. The van der Waals surface area contributed by atoms with Gasteiger partial charge >= 0.3 is 0 Å². The van der Waals surface area contributed by atoms with Crippen LogP contribution in [0.1, 0.15) is 20.8 Å². The number of hydrogen-bond acceptors (Lipinski definition) is 4. The Kier molecular flexibility index (Phi) is 2.41. The van der Waals surface area contributed by atoms with E-state index >= 15 is 0 Å². The number of aromatic nitrogens is 1. The molecule has 0 radical (unpaired) electrons. The summed E-state index contributed by atoms with van der Waals surface area (Å²) >= 11 is 0. The van der Waals surface area contributed by atoms with Crippen LogP contribution < -0.4 is 0 Å². The Morgan fingerprint density at radius 2 is 2.25 bits per heavy atom. The maximum Gasteiger partial charge on any atom is 0.150 e. The van der Waals surface area contributed by atoms with Gasteiger partial charge in [0.05, 0.1) is 17.7 Å². The smallest absolute Gasteiger partial charge is 0.150 e. The van der Waals surface area contributed by atoms with Gasteiger partial charge in [-0.25, -0.2) is 4.99 Å². The molecule has 4 heteroatoms. The Bertz CT molecular complexity index is 289. The van der Waals surface area contributed by atoms with Gasteiger partial charge in [0.2, 0.25) is 0 Å². The van der Waals surface area contributed by atoms with E-state index in [0.717, 1.165) is 0 Å². The molecule has 0 spiro atoms. The number of aliphatic imine (C=N–C) groups is 2. The summed E-state index contributed by atoms with van der Waals surface area (Å²) in [6.45, 7) is 5.93. The summed E-state index contributed by atoms with van der Waals surface area (Å²) < 4.78 is 4.57. The fraction of sp³-hybridized carbons (Fsp3) is 0.500. The van der Waals surface area contributed by atoms with Crippen LogP contribution in [0.15, 0.2) is 27.0 Å². The van der Waals surface area contributed by atoms with Crippen molar-refractivity contribution in [1.29, 1.82) is 0 Å². The summed E-state index contributed by atoms with van der Waals surface area (Å²) in [7, 11) is 0. The Hall–Kier alpha value is -1.41. The first kappa shape index (κ1) is 8.68. The minimum Gasteiger partial charge on any atom is -0.362 e. The second-order valence-electron chi connectivity index (χ2n) is 3.38. The van der Waals surface area contributed by atoms with Crippen molar-refractivity contribution >= 4 is 11.7 Å². The molecule has 64 valence electrons. The zero-order chi connectivity index (χ0) is 9.03. The highest BCUT2D eigenvalue weighted by molar-refractivity contribution is 5.50. The van der Waals surface area contributed by atoms with Gasteiger partial charge in [-0.1, -0.05) is 5.16 Å². The van der Waals surface area contributed by atoms with Crippen LogP contribution in [-0.2, 0) is 0 Å². The van der Waals surface area contributed by atoms with Gasteiger partial charge in [-0.05, 0) is 20.8 Å². The average Bonchev–Trinajstić information content (AvgIpc) is 2.36. The van der Waals surface area contributed by atoms with Crippen LogP contribution in [0.25, 0.3) is 0 Å². The first-order chi connectivity index (χ1) is 5.58. The van der Waals surface area contributed by atoms with E-state index in [4.69, 9.17) is 0 Å². The lowest BCUT2D eigenvalue weighted by Crippen LogP contribution is -2.07. The predicted octanol–water partition coefficient (Wildman–Crippen LogP) is 2.28. The molecular weight excluding hydrogens is 154 g/mol. The molecule has 0 unspecified atom stereocenters. The Morgan fingerprint density at radius 1 is 1.50 bits per heavy atom. The lowest BCUT2D eigenvalue weighted by molar-refractivity contribution is 0.420. The fourth-order valence-electron chi connectivity index (χ4n) is 0.487. The number of hydrogen-bond donors (Lipinski definition) is 0. The van der Waals surface area contributed by atoms with Crippen molar-refractivity contribution in [1.82, 2.24) is 5.16 Å². The standard InChI is InChI=1S/C8H11N3O/c1-8(2,3)10-6-9-7-4-11-12-5-7/h4-5H,1-3H3. The van der Waals surface area contributed by atoms with Gasteiger partial charge in [0.25, 0.3) is 0 Å². The zero-order valence-corrected chi connectivity index (χ0v) is 7.40. The first-order valence-corrected chi connectivity index (χ1v) is 3.65. The summed E-state index contributed by atoms with van der Waals surface area (Å²) in [5.41, 5.74) is 0.490. The van der Waals surface area contributed by atoms with Crippen molar-refractivity contribution in [3.8, 4) is 0 Å². The van der Waals surface area contributed by atoms with E-state index in [9.17, 15) is 0 Å². The van der Waals surface area contributed by atoms with E-state index < -0.39 is 0 Å². The Morgan fingerprint density at radius 3 is 2.75 bits per heavy atom. The number of rotatable bonds is 1. The van der Waals surface area contributed by atoms with Crippen LogP contribution in [-0.4, -0.2) is 16.7 Å². The molecule has 1 heterocycles. The van der Waals surface area contributed by atoms with Crippen LogP contribution in [0.5, 0.6) is 0 Å². The summed E-state index contributed by atoms with van der Waals surface area (Å²) in [6.07, 6.45) is 2.94. The Labute approximate surface area is 71.0 Å². The molecule has 0 aliphatic heterocycles. The third-order valence-corrected chi connectivity index (χ3v) is 0.984. The second-order valence-corrected chi connectivity index (χ2v) is 3.38. The van der Waals surface area contributed by atoms with Crippen molar-refractivity contribution in [3.63, 3.8) is 0 Å². The van der Waals surface area contributed by atoms with E-state index in [1.807, 2.05) is 20.8 Å². The molecule has 0 bridgehead atoms. The largest absolute Gasteiger partial charge is 0.362 e. The quantitative estimate of drug-likeness (QED) is 0.599. The normalized spacial score (nSPS) is 10.6. The predicted molar refractivity (Wildman–Crippen MR) is 45.8 cm³/mol. The minimum absolute atomic E-state index is 0.138. The second kappa shape index (κ2) is 3.32. The third-order valence-electron chi connectivity index (χ3n) is 0.984. The van der Waals surface area contributed by atoms with Crippen LogP contribution >= 0.6 is 0 Å². The molecule has 0 saturated heterocycles. The van der Waals surface area contributed by atoms with Crippen molar-refractivity contribution in [2.75, 3.05) is 0 Å². The maximum absolute atomic E-state index is 4.57. The molecule has 0 aliphatic carbocycles. The van der Waals surface area contributed by atoms with Crippen molar-refractivity contribution < 1.29 is 4.52 Å². The van der Waals surface area contributed by atoms with E-state index in [1.54, 1.807) is 0 Å². The number of nitrogens with zero attached hydrogens (tertiary/aromatic N) is 3. The van der Waals surface area contributed by atoms with Gasteiger partial charge in [-0.15, -0.1) is 0 Å². The van der Waals surface area contributed by atoms with Gasteiger partial charge < -0.3 is 4.52 Å². The molecule has 0 saturated carbocycles.